The highest BCUT2D eigenvalue weighted by molar-refractivity contribution is 5.50. The molecule has 1 aliphatic rings. The highest BCUT2D eigenvalue weighted by atomic mass is 16.3. The van der Waals surface area contributed by atoms with Crippen molar-refractivity contribution in [1.29, 1.82) is 0 Å². The molecule has 0 radical (unpaired) electrons. The fourth-order valence-corrected chi connectivity index (χ4v) is 2.03. The number of nitrogens with one attached hydrogen (secondary N) is 2. The van der Waals surface area contributed by atoms with Crippen molar-refractivity contribution < 1.29 is 9.90 Å². The number of rotatable bonds is 6. The molecule has 14 heavy (non-hydrogen) atoms. The summed E-state index contributed by atoms with van der Waals surface area (Å²) in [6, 6.07) is 0. The third-order valence-corrected chi connectivity index (χ3v) is 2.91. The highest BCUT2D eigenvalue weighted by Crippen LogP contribution is 2.47. The number of nitrogens with two attached hydrogens (primary N) is 1. The molecule has 3 unspecified atom stereocenters. The van der Waals surface area contributed by atoms with E-state index in [0.717, 1.165) is 6.42 Å². The molecule has 0 aromatic carbocycles. The van der Waals surface area contributed by atoms with Gasteiger partial charge in [-0.3, -0.25) is 15.8 Å². The molecule has 1 fully saturated rings. The monoisotopic (exact) mass is 201 g/mol. The molecule has 0 saturated heterocycles. The summed E-state index contributed by atoms with van der Waals surface area (Å²) >= 11 is 0. The Morgan fingerprint density at radius 3 is 2.71 bits per heavy atom. The van der Waals surface area contributed by atoms with Gasteiger partial charge in [-0.25, -0.2) is 0 Å². The summed E-state index contributed by atoms with van der Waals surface area (Å²) < 4.78 is 0. The predicted octanol–water partition coefficient (Wildman–Crippen LogP) is -1.03. The first-order chi connectivity index (χ1) is 6.52. The van der Waals surface area contributed by atoms with Crippen LogP contribution in [0.2, 0.25) is 0 Å². The second kappa shape index (κ2) is 4.25. The van der Waals surface area contributed by atoms with Gasteiger partial charge in [0, 0.05) is 6.54 Å². The Balaban J connectivity index is 2.45. The topological polar surface area (TPSA) is 87.4 Å². The summed E-state index contributed by atoms with van der Waals surface area (Å²) in [5.41, 5.74) is 4.98. The molecule has 0 spiro atoms. The van der Waals surface area contributed by atoms with E-state index in [1.165, 1.54) is 0 Å². The van der Waals surface area contributed by atoms with Crippen molar-refractivity contribution in [3.05, 3.63) is 0 Å². The maximum absolute atomic E-state index is 10.4. The number of amides is 1. The number of carbonyl (C=O) groups excluding carboxylic acids is 1. The molecule has 1 saturated carbocycles. The molecule has 1 rings (SSSR count). The van der Waals surface area contributed by atoms with Crippen LogP contribution >= 0.6 is 0 Å². The van der Waals surface area contributed by atoms with Gasteiger partial charge in [-0.1, -0.05) is 13.8 Å². The van der Waals surface area contributed by atoms with Crippen LogP contribution in [0.15, 0.2) is 0 Å². The van der Waals surface area contributed by atoms with Gasteiger partial charge >= 0.3 is 0 Å². The molecule has 1 amide bonds. The molecule has 1 aliphatic carbocycles. The van der Waals surface area contributed by atoms with Crippen molar-refractivity contribution in [2.24, 2.45) is 17.6 Å². The highest BCUT2D eigenvalue weighted by Gasteiger charge is 2.55. The summed E-state index contributed by atoms with van der Waals surface area (Å²) in [6.07, 6.45) is 0.643. The molecule has 5 nitrogen and oxygen atoms in total. The Morgan fingerprint density at radius 1 is 1.71 bits per heavy atom. The van der Waals surface area contributed by atoms with E-state index in [-0.39, 0.29) is 5.54 Å². The molecule has 3 atom stereocenters. The van der Waals surface area contributed by atoms with Gasteiger partial charge < -0.3 is 10.4 Å². The number of aliphatic hydroxyl groups is 1. The molecule has 0 bridgehead atoms. The van der Waals surface area contributed by atoms with Crippen molar-refractivity contribution >= 4 is 6.41 Å². The molecule has 82 valence electrons. The fraction of sp³-hybridized carbons (Fsp3) is 0.889. The van der Waals surface area contributed by atoms with Gasteiger partial charge in [0.15, 0.2) is 6.35 Å². The average molecular weight is 201 g/mol. The van der Waals surface area contributed by atoms with Crippen LogP contribution in [0.1, 0.15) is 20.3 Å². The smallest absolute Gasteiger partial charge is 0.207 e. The van der Waals surface area contributed by atoms with E-state index in [1.807, 2.05) is 0 Å². The first-order valence-corrected chi connectivity index (χ1v) is 4.90. The zero-order chi connectivity index (χ0) is 10.8. The minimum atomic E-state index is -1.02. The van der Waals surface area contributed by atoms with Crippen LogP contribution in [-0.4, -0.2) is 30.0 Å². The summed E-state index contributed by atoms with van der Waals surface area (Å²) in [7, 11) is 0. The Hall–Kier alpha value is -0.650. The van der Waals surface area contributed by atoms with Gasteiger partial charge in [0.2, 0.25) is 6.41 Å². The fourth-order valence-electron chi connectivity index (χ4n) is 2.03. The minimum Gasteiger partial charge on any atom is -0.366 e. The predicted molar refractivity (Wildman–Crippen MR) is 53.1 cm³/mol. The summed E-state index contributed by atoms with van der Waals surface area (Å²) in [5, 5.41) is 14.4. The third-order valence-electron chi connectivity index (χ3n) is 2.91. The summed E-state index contributed by atoms with van der Waals surface area (Å²) in [4.78, 5) is 10.4. The Kier molecular flexibility index (Phi) is 3.47. The zero-order valence-corrected chi connectivity index (χ0v) is 8.66. The normalized spacial score (nSPS) is 32.8. The van der Waals surface area contributed by atoms with Crippen LogP contribution in [0.5, 0.6) is 0 Å². The van der Waals surface area contributed by atoms with E-state index in [1.54, 1.807) is 0 Å². The molecular formula is C9H19N3O2. The van der Waals surface area contributed by atoms with E-state index >= 15 is 0 Å². The van der Waals surface area contributed by atoms with E-state index in [4.69, 9.17) is 10.8 Å². The van der Waals surface area contributed by atoms with Gasteiger partial charge in [0.05, 0.1) is 5.54 Å². The number of aliphatic hydroxyl groups excluding tert-OH is 1. The lowest BCUT2D eigenvalue weighted by Gasteiger charge is -2.20. The lowest BCUT2D eigenvalue weighted by atomic mass is 10.0. The largest absolute Gasteiger partial charge is 0.366 e. The molecule has 5 N–H and O–H groups in total. The Bertz CT molecular complexity index is 208. The minimum absolute atomic E-state index is 0.198. The standard InChI is InChI=1S/C9H19N3O2/c1-6(2)7-3-9(7,12-5-13)4-11-8(10)14/h5-8,11,14H,3-4,10H2,1-2H3,(H,12,13). The molecule has 0 aromatic rings. The molecule has 0 aromatic heterocycles. The second-order valence-corrected chi connectivity index (χ2v) is 4.30. The van der Waals surface area contributed by atoms with E-state index in [9.17, 15) is 4.79 Å². The SMILES string of the molecule is CC(C)C1CC1(CNC(N)O)NC=O. The van der Waals surface area contributed by atoms with E-state index < -0.39 is 6.35 Å². The van der Waals surface area contributed by atoms with Crippen molar-refractivity contribution in [1.82, 2.24) is 10.6 Å². The van der Waals surface area contributed by atoms with Gasteiger partial charge in [0.25, 0.3) is 0 Å². The van der Waals surface area contributed by atoms with Crippen molar-refractivity contribution in [2.75, 3.05) is 6.54 Å². The molecule has 0 aliphatic heterocycles. The van der Waals surface area contributed by atoms with Crippen molar-refractivity contribution in [3.63, 3.8) is 0 Å². The van der Waals surface area contributed by atoms with E-state index in [0.29, 0.717) is 24.8 Å². The van der Waals surface area contributed by atoms with Crippen LogP contribution in [-0.2, 0) is 4.79 Å². The lowest BCUT2D eigenvalue weighted by molar-refractivity contribution is -0.110. The van der Waals surface area contributed by atoms with Crippen LogP contribution < -0.4 is 16.4 Å². The first-order valence-electron chi connectivity index (χ1n) is 4.90. The number of carbonyl (C=O) groups is 1. The van der Waals surface area contributed by atoms with Crippen molar-refractivity contribution in [2.45, 2.75) is 32.2 Å². The van der Waals surface area contributed by atoms with E-state index in [2.05, 4.69) is 24.5 Å². The van der Waals surface area contributed by atoms with Crippen LogP contribution in [0.3, 0.4) is 0 Å². The zero-order valence-electron chi connectivity index (χ0n) is 8.66. The molecular weight excluding hydrogens is 182 g/mol. The average Bonchev–Trinajstić information content (AvgIpc) is 2.78. The molecule has 0 heterocycles. The number of hydrogen-bond donors (Lipinski definition) is 4. The Labute approximate surface area is 84.0 Å². The van der Waals surface area contributed by atoms with Crippen LogP contribution in [0.4, 0.5) is 0 Å². The maximum Gasteiger partial charge on any atom is 0.207 e. The Morgan fingerprint density at radius 2 is 2.36 bits per heavy atom. The number of hydrogen-bond acceptors (Lipinski definition) is 4. The van der Waals surface area contributed by atoms with Crippen molar-refractivity contribution in [3.8, 4) is 0 Å². The van der Waals surface area contributed by atoms with Crippen LogP contribution in [0.25, 0.3) is 0 Å². The third kappa shape index (κ3) is 2.43. The second-order valence-electron chi connectivity index (χ2n) is 4.30. The van der Waals surface area contributed by atoms with Gasteiger partial charge in [-0.05, 0) is 18.3 Å². The van der Waals surface area contributed by atoms with Gasteiger partial charge in [-0.2, -0.15) is 0 Å². The maximum atomic E-state index is 10.4. The summed E-state index contributed by atoms with van der Waals surface area (Å²) in [6.45, 7) is 4.77. The lowest BCUT2D eigenvalue weighted by Crippen LogP contribution is -2.48. The summed E-state index contributed by atoms with van der Waals surface area (Å²) in [5.74, 6) is 0.998. The van der Waals surface area contributed by atoms with Gasteiger partial charge in [0.1, 0.15) is 0 Å². The quantitative estimate of drug-likeness (QED) is 0.327. The van der Waals surface area contributed by atoms with Crippen LogP contribution in [0, 0.1) is 11.8 Å². The molecule has 5 heteroatoms. The van der Waals surface area contributed by atoms with Gasteiger partial charge in [-0.15, -0.1) is 0 Å². The first kappa shape index (κ1) is 11.4.